The molecule has 0 saturated heterocycles. The van der Waals surface area contributed by atoms with E-state index in [1.165, 1.54) is 44.9 Å². The van der Waals surface area contributed by atoms with Crippen molar-refractivity contribution in [1.29, 1.82) is 5.26 Å². The second kappa shape index (κ2) is 11.9. The zero-order valence-electron chi connectivity index (χ0n) is 25.0. The van der Waals surface area contributed by atoms with E-state index in [-0.39, 0.29) is 17.6 Å². The van der Waals surface area contributed by atoms with E-state index in [0.29, 0.717) is 46.9 Å². The summed E-state index contributed by atoms with van der Waals surface area (Å²) < 4.78 is 5.58. The Morgan fingerprint density at radius 3 is 2.62 bits per heavy atom. The van der Waals surface area contributed by atoms with Crippen molar-refractivity contribution in [3.63, 3.8) is 0 Å². The normalized spacial score (nSPS) is 28.3. The topological polar surface area (TPSA) is 125 Å². The number of amides is 1. The Bertz CT molecular complexity index is 1320. The fraction of sp³-hybridized carbons (Fsp3) is 0.656. The Hall–Kier alpha value is -3.06. The van der Waals surface area contributed by atoms with Crippen LogP contribution in [0.15, 0.2) is 29.6 Å². The van der Waals surface area contributed by atoms with Crippen molar-refractivity contribution in [2.45, 2.75) is 107 Å². The molecule has 7 rings (SSSR count). The van der Waals surface area contributed by atoms with Gasteiger partial charge >= 0.3 is 6.09 Å². The van der Waals surface area contributed by atoms with Gasteiger partial charge in [-0.05, 0) is 95.0 Å². The number of pyridine rings is 1. The molecule has 9 nitrogen and oxygen atoms in total. The van der Waals surface area contributed by atoms with Gasteiger partial charge < -0.3 is 20.7 Å². The maximum absolute atomic E-state index is 12.6. The molecule has 5 saturated carbocycles. The van der Waals surface area contributed by atoms with Crippen molar-refractivity contribution >= 4 is 29.6 Å². The van der Waals surface area contributed by atoms with Crippen LogP contribution in [0, 0.1) is 34.5 Å². The molecule has 0 aromatic carbocycles. The van der Waals surface area contributed by atoms with Crippen molar-refractivity contribution in [3.8, 4) is 6.07 Å². The van der Waals surface area contributed by atoms with Crippen molar-refractivity contribution in [2.24, 2.45) is 23.2 Å². The van der Waals surface area contributed by atoms with Crippen molar-refractivity contribution < 1.29 is 9.53 Å². The number of rotatable bonds is 9. The molecule has 5 fully saturated rings. The summed E-state index contributed by atoms with van der Waals surface area (Å²) in [6.07, 6.45) is 13.9. The van der Waals surface area contributed by atoms with Gasteiger partial charge in [-0.2, -0.15) is 10.2 Å². The van der Waals surface area contributed by atoms with Crippen LogP contribution in [-0.2, 0) is 11.3 Å². The molecule has 0 radical (unpaired) electrons. The zero-order chi connectivity index (χ0) is 29.3. The Kier molecular flexibility index (Phi) is 8.23. The van der Waals surface area contributed by atoms with Crippen LogP contribution in [0.2, 0.25) is 0 Å². The highest BCUT2D eigenvalue weighted by Crippen LogP contribution is 2.60. The van der Waals surface area contributed by atoms with Crippen molar-refractivity contribution in [3.05, 3.63) is 35.7 Å². The molecule has 2 aromatic heterocycles. The van der Waals surface area contributed by atoms with Crippen LogP contribution in [-0.4, -0.2) is 44.5 Å². The van der Waals surface area contributed by atoms with Crippen LogP contribution in [0.25, 0.3) is 0 Å². The van der Waals surface area contributed by atoms with E-state index in [1.54, 1.807) is 6.20 Å². The van der Waals surface area contributed by atoms with E-state index in [1.807, 2.05) is 44.8 Å². The molecule has 2 aromatic rings. The molecule has 5 aliphatic rings. The van der Waals surface area contributed by atoms with Gasteiger partial charge in [0.1, 0.15) is 28.1 Å². The third-order valence-electron chi connectivity index (χ3n) is 9.49. The summed E-state index contributed by atoms with van der Waals surface area (Å²) in [5.41, 5.74) is 1.24. The fourth-order valence-electron chi connectivity index (χ4n) is 8.05. The molecule has 10 heteroatoms. The first-order chi connectivity index (χ1) is 20.2. The summed E-state index contributed by atoms with van der Waals surface area (Å²) in [4.78, 5) is 26.4. The van der Waals surface area contributed by atoms with Gasteiger partial charge in [-0.25, -0.2) is 14.8 Å². The molecular weight excluding hydrogens is 546 g/mol. The van der Waals surface area contributed by atoms with E-state index in [0.717, 1.165) is 30.0 Å². The molecule has 0 aliphatic heterocycles. The predicted molar refractivity (Wildman–Crippen MR) is 164 cm³/mol. The molecule has 1 amide bonds. The van der Waals surface area contributed by atoms with E-state index < -0.39 is 5.60 Å². The molecule has 224 valence electrons. The second-order valence-electron chi connectivity index (χ2n) is 13.9. The number of nitriles is 1. The predicted octanol–water partition coefficient (Wildman–Crippen LogP) is 6.52. The van der Waals surface area contributed by atoms with Gasteiger partial charge in [0.05, 0.1) is 6.20 Å². The molecule has 3 N–H and O–H groups in total. The Balaban J connectivity index is 1.09. The minimum absolute atomic E-state index is 0.149. The lowest BCUT2D eigenvalue weighted by atomic mass is 9.48. The smallest absolute Gasteiger partial charge is 0.407 e. The number of aromatic nitrogens is 3. The standard InChI is InChI=1S/C32H43N7O2S/c1-31(2,3)41-30(40)38-26-22-11-20-12-23(26)15-32(13-20,14-22)19-37-27-24(16-33)18-36-29(39-27)35-17-21-7-6-10-34-28(21)42-25-8-4-5-9-25/h6-7,10,18,20,22-23,25-26H,4-5,8-9,11-15,17,19H2,1-3H3,(H,38,40)(H2,35,36,37,39)/t20?,22-,23+,26-,32-. The average Bonchev–Trinajstić information content (AvgIpc) is 3.45. The second-order valence-corrected chi connectivity index (χ2v) is 15.2. The first-order valence-electron chi connectivity index (χ1n) is 15.5. The Morgan fingerprint density at radius 2 is 1.90 bits per heavy atom. The highest BCUT2D eigenvalue weighted by Gasteiger charge is 2.55. The molecule has 4 bridgehead atoms. The number of carbonyl (C=O) groups excluding carboxylic acids is 1. The van der Waals surface area contributed by atoms with Gasteiger partial charge in [-0.1, -0.05) is 18.9 Å². The Labute approximate surface area is 253 Å². The first-order valence-corrected chi connectivity index (χ1v) is 16.4. The lowest BCUT2D eigenvalue weighted by Gasteiger charge is -2.60. The van der Waals surface area contributed by atoms with Gasteiger partial charge in [-0.3, -0.25) is 0 Å². The fourth-order valence-corrected chi connectivity index (χ4v) is 9.34. The molecule has 42 heavy (non-hydrogen) atoms. The van der Waals surface area contributed by atoms with Crippen LogP contribution >= 0.6 is 11.8 Å². The number of nitrogens with zero attached hydrogens (tertiary/aromatic N) is 4. The minimum atomic E-state index is -0.500. The third-order valence-corrected chi connectivity index (χ3v) is 10.9. The maximum atomic E-state index is 12.6. The lowest BCUT2D eigenvalue weighted by Crippen LogP contribution is -2.60. The number of hydrogen-bond donors (Lipinski definition) is 3. The molecule has 1 unspecified atom stereocenters. The summed E-state index contributed by atoms with van der Waals surface area (Å²) in [5.74, 6) is 2.69. The molecule has 0 spiro atoms. The highest BCUT2D eigenvalue weighted by molar-refractivity contribution is 7.99. The zero-order valence-corrected chi connectivity index (χ0v) is 25.8. The van der Waals surface area contributed by atoms with E-state index >= 15 is 0 Å². The summed E-state index contributed by atoms with van der Waals surface area (Å²) in [5, 5.41) is 21.7. The molecular formula is C32H43N7O2S. The maximum Gasteiger partial charge on any atom is 0.407 e. The molecule has 5 atom stereocenters. The average molecular weight is 590 g/mol. The van der Waals surface area contributed by atoms with Gasteiger partial charge in [0.25, 0.3) is 0 Å². The number of ether oxygens (including phenoxy) is 1. The number of thioether (sulfide) groups is 1. The van der Waals surface area contributed by atoms with E-state index in [2.05, 4.69) is 38.1 Å². The van der Waals surface area contributed by atoms with Crippen LogP contribution in [0.4, 0.5) is 16.6 Å². The van der Waals surface area contributed by atoms with Gasteiger partial charge in [0, 0.05) is 36.1 Å². The van der Waals surface area contributed by atoms with Gasteiger partial charge in [-0.15, -0.1) is 11.8 Å². The summed E-state index contributed by atoms with van der Waals surface area (Å²) in [6, 6.07) is 6.52. The minimum Gasteiger partial charge on any atom is -0.444 e. The van der Waals surface area contributed by atoms with Crippen molar-refractivity contribution in [1.82, 2.24) is 20.3 Å². The lowest BCUT2D eigenvalue weighted by molar-refractivity contribution is -0.0703. The molecule has 5 aliphatic carbocycles. The van der Waals surface area contributed by atoms with E-state index in [4.69, 9.17) is 9.72 Å². The molecule has 2 heterocycles. The largest absolute Gasteiger partial charge is 0.444 e. The van der Waals surface area contributed by atoms with Crippen LogP contribution in [0.3, 0.4) is 0 Å². The number of carbonyl (C=O) groups is 1. The van der Waals surface area contributed by atoms with Crippen molar-refractivity contribution in [2.75, 3.05) is 17.2 Å². The third kappa shape index (κ3) is 6.61. The summed E-state index contributed by atoms with van der Waals surface area (Å²) in [6.45, 7) is 7.06. The number of alkyl carbamates (subject to hydrolysis) is 1. The number of nitrogens with one attached hydrogen (secondary N) is 3. The quantitative estimate of drug-likeness (QED) is 0.300. The summed E-state index contributed by atoms with van der Waals surface area (Å²) >= 11 is 1.89. The van der Waals surface area contributed by atoms with Gasteiger partial charge in [0.2, 0.25) is 5.95 Å². The number of hydrogen-bond acceptors (Lipinski definition) is 9. The SMILES string of the molecule is CC(C)(C)OC(=O)N[C@@H]1[C@@H]2CC3C[C@H]1C[C@@](CNc1nc(NCc4cccnc4SC4CCCC4)ncc1C#N)(C3)C2. The first kappa shape index (κ1) is 29.0. The number of anilines is 2. The van der Waals surface area contributed by atoms with E-state index in [9.17, 15) is 10.1 Å². The monoisotopic (exact) mass is 589 g/mol. The van der Waals surface area contributed by atoms with Crippen LogP contribution in [0.1, 0.15) is 89.7 Å². The van der Waals surface area contributed by atoms with Gasteiger partial charge in [0.15, 0.2) is 0 Å². The van der Waals surface area contributed by atoms with Crippen LogP contribution in [0.5, 0.6) is 0 Å². The Morgan fingerprint density at radius 1 is 1.14 bits per heavy atom. The van der Waals surface area contributed by atoms with Crippen LogP contribution < -0.4 is 16.0 Å². The summed E-state index contributed by atoms with van der Waals surface area (Å²) in [7, 11) is 0. The highest BCUT2D eigenvalue weighted by atomic mass is 32.2.